The van der Waals surface area contributed by atoms with E-state index in [1.807, 2.05) is 13.0 Å². The number of nitrogens with zero attached hydrogens (tertiary/aromatic N) is 2. The molecular formula is C17H23N3S. The molecule has 21 heavy (non-hydrogen) atoms. The number of aromatic nitrogens is 2. The summed E-state index contributed by atoms with van der Waals surface area (Å²) in [5, 5.41) is 0.789. The van der Waals surface area contributed by atoms with Crippen molar-refractivity contribution < 1.29 is 0 Å². The second kappa shape index (κ2) is 6.58. The van der Waals surface area contributed by atoms with Crippen molar-refractivity contribution in [3.63, 3.8) is 0 Å². The number of benzene rings is 1. The zero-order valence-electron chi connectivity index (χ0n) is 13.1. The summed E-state index contributed by atoms with van der Waals surface area (Å²) < 4.78 is 0. The molecule has 0 aliphatic heterocycles. The summed E-state index contributed by atoms with van der Waals surface area (Å²) in [6.45, 7) is 8.61. The molecule has 1 aromatic carbocycles. The predicted octanol–water partition coefficient (Wildman–Crippen LogP) is 3.87. The van der Waals surface area contributed by atoms with E-state index in [2.05, 4.69) is 55.0 Å². The minimum atomic E-state index is -0.00636. The highest BCUT2D eigenvalue weighted by Crippen LogP contribution is 2.25. The molecule has 0 radical (unpaired) electrons. The van der Waals surface area contributed by atoms with Crippen LogP contribution in [-0.4, -0.2) is 15.7 Å². The predicted molar refractivity (Wildman–Crippen MR) is 89.6 cm³/mol. The Bertz CT molecular complexity index is 588. The average molecular weight is 301 g/mol. The minimum Gasteiger partial charge on any atom is -0.323 e. The van der Waals surface area contributed by atoms with Gasteiger partial charge in [0.05, 0.1) is 0 Å². The molecule has 2 rings (SSSR count). The first-order chi connectivity index (χ1) is 9.86. The van der Waals surface area contributed by atoms with Gasteiger partial charge in [-0.15, -0.1) is 0 Å². The molecule has 1 heterocycles. The van der Waals surface area contributed by atoms with E-state index < -0.39 is 0 Å². The van der Waals surface area contributed by atoms with Gasteiger partial charge in [0.1, 0.15) is 0 Å². The zero-order chi connectivity index (χ0) is 15.5. The van der Waals surface area contributed by atoms with E-state index in [9.17, 15) is 0 Å². The van der Waals surface area contributed by atoms with Gasteiger partial charge in [0.25, 0.3) is 0 Å². The summed E-state index contributed by atoms with van der Waals surface area (Å²) >= 11 is 1.60. The number of rotatable bonds is 4. The van der Waals surface area contributed by atoms with Gasteiger partial charge in [-0.1, -0.05) is 56.8 Å². The highest BCUT2D eigenvalue weighted by Gasteiger charge is 2.14. The van der Waals surface area contributed by atoms with Crippen LogP contribution >= 0.6 is 11.8 Å². The fourth-order valence-corrected chi connectivity index (χ4v) is 2.85. The Hall–Kier alpha value is -1.39. The normalized spacial score (nSPS) is 13.2. The lowest BCUT2D eigenvalue weighted by Crippen LogP contribution is -2.15. The Balaban J connectivity index is 1.99. The summed E-state index contributed by atoms with van der Waals surface area (Å²) in [7, 11) is 0. The lowest BCUT2D eigenvalue weighted by atomic mass is 9.86. The number of aryl methyl sites for hydroxylation is 1. The molecule has 0 bridgehead atoms. The summed E-state index contributed by atoms with van der Waals surface area (Å²) in [6, 6.07) is 10.5. The van der Waals surface area contributed by atoms with Crippen LogP contribution in [0.25, 0.3) is 0 Å². The topological polar surface area (TPSA) is 51.8 Å². The third-order valence-corrected chi connectivity index (χ3v) is 4.35. The lowest BCUT2D eigenvalue weighted by molar-refractivity contribution is 0.589. The molecule has 3 nitrogen and oxygen atoms in total. The minimum absolute atomic E-state index is 0.00636. The Morgan fingerprint density at radius 2 is 1.81 bits per heavy atom. The number of hydrogen-bond acceptors (Lipinski definition) is 4. The zero-order valence-corrected chi connectivity index (χ0v) is 13.9. The highest BCUT2D eigenvalue weighted by atomic mass is 32.2. The van der Waals surface area contributed by atoms with Crippen LogP contribution in [-0.2, 0) is 5.41 Å². The third kappa shape index (κ3) is 4.55. The van der Waals surface area contributed by atoms with Crippen molar-refractivity contribution in [3.05, 3.63) is 53.3 Å². The lowest BCUT2D eigenvalue weighted by Gasteiger charge is -2.20. The van der Waals surface area contributed by atoms with Crippen molar-refractivity contribution in [3.8, 4) is 0 Å². The van der Waals surface area contributed by atoms with Crippen molar-refractivity contribution in [2.24, 2.45) is 5.73 Å². The largest absolute Gasteiger partial charge is 0.323 e. The molecule has 0 fully saturated rings. The molecule has 1 atom stereocenters. The molecule has 0 aliphatic rings. The van der Waals surface area contributed by atoms with Crippen LogP contribution in [0.3, 0.4) is 0 Å². The Morgan fingerprint density at radius 1 is 1.14 bits per heavy atom. The first kappa shape index (κ1) is 16.0. The van der Waals surface area contributed by atoms with Crippen LogP contribution in [0.5, 0.6) is 0 Å². The van der Waals surface area contributed by atoms with Gasteiger partial charge in [-0.25, -0.2) is 9.97 Å². The van der Waals surface area contributed by atoms with E-state index in [1.54, 1.807) is 18.0 Å². The molecule has 2 aromatic rings. The molecule has 112 valence electrons. The summed E-state index contributed by atoms with van der Waals surface area (Å²) in [5.41, 5.74) is 9.90. The van der Waals surface area contributed by atoms with Crippen molar-refractivity contribution >= 4 is 11.8 Å². The second-order valence-electron chi connectivity index (χ2n) is 6.27. The molecule has 2 N–H and O–H groups in total. The Labute approximate surface area is 131 Å². The monoisotopic (exact) mass is 301 g/mol. The molecule has 1 aromatic heterocycles. The van der Waals surface area contributed by atoms with Crippen molar-refractivity contribution in [1.82, 2.24) is 9.97 Å². The van der Waals surface area contributed by atoms with Crippen LogP contribution in [0.4, 0.5) is 0 Å². The van der Waals surface area contributed by atoms with Gasteiger partial charge in [0, 0.05) is 23.7 Å². The molecule has 1 unspecified atom stereocenters. The van der Waals surface area contributed by atoms with Crippen LogP contribution in [0, 0.1) is 6.92 Å². The fourth-order valence-electron chi connectivity index (χ4n) is 1.99. The standard InChI is InChI=1S/C17H23N3S/c1-12-9-10-19-16(20-12)21-11-15(18)13-5-7-14(8-6-13)17(2,3)4/h5-10,15H,11,18H2,1-4H3. The molecular weight excluding hydrogens is 278 g/mol. The molecule has 0 saturated carbocycles. The first-order valence-corrected chi connectivity index (χ1v) is 8.13. The van der Waals surface area contributed by atoms with E-state index in [1.165, 1.54) is 5.56 Å². The van der Waals surface area contributed by atoms with Crippen LogP contribution < -0.4 is 5.73 Å². The number of hydrogen-bond donors (Lipinski definition) is 1. The summed E-state index contributed by atoms with van der Waals surface area (Å²) in [5.74, 6) is 0.776. The molecule has 4 heteroatoms. The smallest absolute Gasteiger partial charge is 0.187 e. The van der Waals surface area contributed by atoms with Gasteiger partial charge >= 0.3 is 0 Å². The molecule has 0 aliphatic carbocycles. The highest BCUT2D eigenvalue weighted by molar-refractivity contribution is 7.99. The van der Waals surface area contributed by atoms with Gasteiger partial charge in [0.15, 0.2) is 5.16 Å². The average Bonchev–Trinajstić information content (AvgIpc) is 2.44. The SMILES string of the molecule is Cc1ccnc(SCC(N)c2ccc(C(C)(C)C)cc2)n1. The third-order valence-electron chi connectivity index (χ3n) is 3.37. The van der Waals surface area contributed by atoms with Gasteiger partial charge in [-0.05, 0) is 29.5 Å². The maximum atomic E-state index is 6.26. The van der Waals surface area contributed by atoms with E-state index >= 15 is 0 Å². The summed E-state index contributed by atoms with van der Waals surface area (Å²) in [6.07, 6.45) is 1.79. The van der Waals surface area contributed by atoms with E-state index in [-0.39, 0.29) is 11.5 Å². The quantitative estimate of drug-likeness (QED) is 0.688. The van der Waals surface area contributed by atoms with E-state index in [0.29, 0.717) is 0 Å². The van der Waals surface area contributed by atoms with Crippen molar-refractivity contribution in [1.29, 1.82) is 0 Å². The van der Waals surface area contributed by atoms with Crippen LogP contribution in [0.1, 0.15) is 43.6 Å². The maximum absolute atomic E-state index is 6.26. The molecule has 0 amide bonds. The van der Waals surface area contributed by atoms with Crippen molar-refractivity contribution in [2.75, 3.05) is 5.75 Å². The van der Waals surface area contributed by atoms with Gasteiger partial charge in [0.2, 0.25) is 0 Å². The van der Waals surface area contributed by atoms with Crippen molar-refractivity contribution in [2.45, 2.75) is 44.3 Å². The van der Waals surface area contributed by atoms with Crippen LogP contribution in [0.2, 0.25) is 0 Å². The van der Waals surface area contributed by atoms with Gasteiger partial charge in [-0.3, -0.25) is 0 Å². The maximum Gasteiger partial charge on any atom is 0.187 e. The van der Waals surface area contributed by atoms with E-state index in [0.717, 1.165) is 22.2 Å². The second-order valence-corrected chi connectivity index (χ2v) is 7.26. The van der Waals surface area contributed by atoms with Gasteiger partial charge < -0.3 is 5.73 Å². The van der Waals surface area contributed by atoms with E-state index in [4.69, 9.17) is 5.73 Å². The van der Waals surface area contributed by atoms with Gasteiger partial charge in [-0.2, -0.15) is 0 Å². The Morgan fingerprint density at radius 3 is 2.38 bits per heavy atom. The van der Waals surface area contributed by atoms with Crippen LogP contribution in [0.15, 0.2) is 41.7 Å². The molecule has 0 saturated heterocycles. The molecule has 0 spiro atoms. The summed E-state index contributed by atoms with van der Waals surface area (Å²) in [4.78, 5) is 8.63. The Kier molecular flexibility index (Phi) is 5.01. The number of thioether (sulfide) groups is 1. The first-order valence-electron chi connectivity index (χ1n) is 7.15. The fraction of sp³-hybridized carbons (Fsp3) is 0.412. The number of nitrogens with two attached hydrogens (primary N) is 1.